The van der Waals surface area contributed by atoms with Gasteiger partial charge in [0.2, 0.25) is 0 Å². The third-order valence-corrected chi connectivity index (χ3v) is 6.58. The van der Waals surface area contributed by atoms with Crippen LogP contribution in [-0.2, 0) is 16.6 Å². The van der Waals surface area contributed by atoms with Gasteiger partial charge < -0.3 is 0 Å². The fourth-order valence-electron chi connectivity index (χ4n) is 3.11. The van der Waals surface area contributed by atoms with Crippen LogP contribution in [0.4, 0.5) is 25.0 Å². The lowest BCUT2D eigenvalue weighted by Gasteiger charge is -2.36. The number of anilines is 2. The molecule has 0 fully saturated rings. The topological polar surface area (TPSA) is 57.7 Å². The van der Waals surface area contributed by atoms with Gasteiger partial charge in [-0.25, -0.2) is 22.0 Å². The van der Waals surface area contributed by atoms with Crippen LogP contribution in [0.5, 0.6) is 0 Å². The van der Waals surface area contributed by atoms with Crippen LogP contribution < -0.4 is 9.21 Å². The molecule has 0 unspecified atom stereocenters. The zero-order valence-corrected chi connectivity index (χ0v) is 16.3. The Hall–Kier alpha value is -2.97. The first-order valence-electron chi connectivity index (χ1n) is 8.44. The molecule has 4 rings (SSSR count). The summed E-state index contributed by atoms with van der Waals surface area (Å²) in [5, 5.41) is 0.108. The molecule has 3 aromatic carbocycles. The van der Waals surface area contributed by atoms with Crippen LogP contribution in [-0.4, -0.2) is 14.4 Å². The number of benzene rings is 3. The average Bonchev–Trinajstić information content (AvgIpc) is 2.68. The lowest BCUT2D eigenvalue weighted by Crippen LogP contribution is -2.50. The van der Waals surface area contributed by atoms with Crippen LogP contribution in [0.15, 0.2) is 71.6 Å². The number of carbonyl (C=O) groups is 1. The second kappa shape index (κ2) is 7.13. The number of sulfonamides is 1. The van der Waals surface area contributed by atoms with E-state index >= 15 is 0 Å². The number of hydrogen-bond donors (Lipinski definition) is 0. The second-order valence-electron chi connectivity index (χ2n) is 6.32. The summed E-state index contributed by atoms with van der Waals surface area (Å²) in [6, 6.07) is 13.5. The maximum Gasteiger partial charge on any atom is 0.343 e. The summed E-state index contributed by atoms with van der Waals surface area (Å²) in [7, 11) is -4.21. The Bertz CT molecular complexity index is 1220. The zero-order chi connectivity index (χ0) is 20.8. The molecule has 9 heteroatoms. The van der Waals surface area contributed by atoms with Crippen LogP contribution in [0.2, 0.25) is 5.02 Å². The number of fused-ring (bicyclic) bond motifs is 1. The van der Waals surface area contributed by atoms with E-state index in [2.05, 4.69) is 0 Å². The summed E-state index contributed by atoms with van der Waals surface area (Å²) in [6.45, 7) is -0.0812. The van der Waals surface area contributed by atoms with Gasteiger partial charge in [0.05, 0.1) is 17.9 Å². The number of hydrogen-bond acceptors (Lipinski definition) is 3. The van der Waals surface area contributed by atoms with Crippen LogP contribution >= 0.6 is 11.6 Å². The van der Waals surface area contributed by atoms with Crippen LogP contribution in [0.25, 0.3) is 0 Å². The molecule has 0 atom stereocenters. The summed E-state index contributed by atoms with van der Waals surface area (Å²) in [5.74, 6) is -1.09. The first kappa shape index (κ1) is 19.4. The molecule has 0 bridgehead atoms. The second-order valence-corrected chi connectivity index (χ2v) is 8.48. The highest BCUT2D eigenvalue weighted by atomic mass is 35.5. The van der Waals surface area contributed by atoms with Crippen molar-refractivity contribution in [3.8, 4) is 0 Å². The molecule has 1 aliphatic rings. The lowest BCUT2D eigenvalue weighted by atomic mass is 10.2. The van der Waals surface area contributed by atoms with Gasteiger partial charge in [0.25, 0.3) is 10.0 Å². The van der Waals surface area contributed by atoms with Gasteiger partial charge in [-0.05, 0) is 54.1 Å². The molecule has 1 heterocycles. The molecular formula is C20H13ClF2N2O3S. The van der Waals surface area contributed by atoms with E-state index in [0.717, 1.165) is 18.2 Å². The zero-order valence-electron chi connectivity index (χ0n) is 14.7. The molecule has 0 spiro atoms. The molecule has 0 N–H and O–H groups in total. The van der Waals surface area contributed by atoms with Crippen molar-refractivity contribution < 1.29 is 22.0 Å². The minimum Gasteiger partial charge on any atom is -0.287 e. The SMILES string of the molecule is O=C1N(Cc2ccc(F)cc2Cl)c2ccccc2S(=O)(=O)N1c1ccc(F)cc1. The largest absolute Gasteiger partial charge is 0.343 e. The van der Waals surface area contributed by atoms with Crippen molar-refractivity contribution in [1.29, 1.82) is 0 Å². The maximum atomic E-state index is 13.4. The van der Waals surface area contributed by atoms with Gasteiger partial charge in [-0.3, -0.25) is 4.90 Å². The predicted molar refractivity (Wildman–Crippen MR) is 105 cm³/mol. The Morgan fingerprint density at radius 2 is 1.55 bits per heavy atom. The summed E-state index contributed by atoms with van der Waals surface area (Å²) in [6.07, 6.45) is 0. The number of carbonyl (C=O) groups excluding carboxylic acids is 1. The highest BCUT2D eigenvalue weighted by Crippen LogP contribution is 2.38. The average molecular weight is 435 g/mol. The normalized spacial score (nSPS) is 15.3. The minimum atomic E-state index is -4.21. The Morgan fingerprint density at radius 1 is 0.897 bits per heavy atom. The van der Waals surface area contributed by atoms with E-state index in [1.807, 2.05) is 0 Å². The van der Waals surface area contributed by atoms with Gasteiger partial charge in [0.1, 0.15) is 16.5 Å². The maximum absolute atomic E-state index is 13.4. The number of amides is 2. The van der Waals surface area contributed by atoms with E-state index in [4.69, 9.17) is 11.6 Å². The van der Waals surface area contributed by atoms with Gasteiger partial charge in [-0.1, -0.05) is 29.8 Å². The van der Waals surface area contributed by atoms with E-state index in [1.165, 1.54) is 47.4 Å². The molecule has 0 saturated heterocycles. The van der Waals surface area contributed by atoms with E-state index in [1.54, 1.807) is 6.07 Å². The Balaban J connectivity index is 1.86. The van der Waals surface area contributed by atoms with Crippen molar-refractivity contribution in [2.75, 3.05) is 9.21 Å². The number of nitrogens with zero attached hydrogens (tertiary/aromatic N) is 2. The third kappa shape index (κ3) is 3.34. The van der Waals surface area contributed by atoms with Crippen molar-refractivity contribution >= 4 is 39.0 Å². The van der Waals surface area contributed by atoms with Gasteiger partial charge >= 0.3 is 6.03 Å². The first-order valence-corrected chi connectivity index (χ1v) is 10.3. The molecule has 0 radical (unpaired) electrons. The van der Waals surface area contributed by atoms with Crippen molar-refractivity contribution in [2.45, 2.75) is 11.4 Å². The van der Waals surface area contributed by atoms with E-state index < -0.39 is 27.7 Å². The van der Waals surface area contributed by atoms with E-state index in [-0.39, 0.29) is 27.8 Å². The number of halogens is 3. The van der Waals surface area contributed by atoms with Gasteiger partial charge in [-0.15, -0.1) is 0 Å². The summed E-state index contributed by atoms with van der Waals surface area (Å²) < 4.78 is 53.5. The van der Waals surface area contributed by atoms with Crippen molar-refractivity contribution in [3.05, 3.63) is 89.0 Å². The third-order valence-electron chi connectivity index (χ3n) is 4.48. The predicted octanol–water partition coefficient (Wildman–Crippen LogP) is 4.95. The van der Waals surface area contributed by atoms with Crippen molar-refractivity contribution in [2.24, 2.45) is 0 Å². The molecule has 1 aliphatic heterocycles. The van der Waals surface area contributed by atoms with Gasteiger partial charge in [0.15, 0.2) is 0 Å². The number of para-hydroxylation sites is 1. The molecule has 0 aromatic heterocycles. The highest BCUT2D eigenvalue weighted by molar-refractivity contribution is 7.94. The standard InChI is InChI=1S/C20H13ClF2N2O3S/c21-17-11-15(23)6-5-13(17)12-24-18-3-1-2-4-19(18)29(27,28)25(20(24)26)16-9-7-14(22)8-10-16/h1-11H,12H2. The number of rotatable bonds is 3. The summed E-state index contributed by atoms with van der Waals surface area (Å²) in [5.41, 5.74) is 0.618. The van der Waals surface area contributed by atoms with Gasteiger partial charge in [0, 0.05) is 5.02 Å². The molecule has 3 aromatic rings. The van der Waals surface area contributed by atoms with Crippen LogP contribution in [0.1, 0.15) is 5.56 Å². The van der Waals surface area contributed by atoms with Crippen LogP contribution in [0, 0.1) is 11.6 Å². The smallest absolute Gasteiger partial charge is 0.287 e. The quantitative estimate of drug-likeness (QED) is 0.585. The fraction of sp³-hybridized carbons (Fsp3) is 0.0500. The summed E-state index contributed by atoms with van der Waals surface area (Å²) >= 11 is 6.10. The molecule has 5 nitrogen and oxygen atoms in total. The van der Waals surface area contributed by atoms with Gasteiger partial charge in [-0.2, -0.15) is 4.31 Å². The molecule has 0 aliphatic carbocycles. The molecule has 29 heavy (non-hydrogen) atoms. The monoisotopic (exact) mass is 434 g/mol. The first-order chi connectivity index (χ1) is 13.8. The Kier molecular flexibility index (Phi) is 4.76. The van der Waals surface area contributed by atoms with E-state index in [9.17, 15) is 22.0 Å². The Morgan fingerprint density at radius 3 is 2.24 bits per heavy atom. The summed E-state index contributed by atoms with van der Waals surface area (Å²) in [4.78, 5) is 14.4. The van der Waals surface area contributed by atoms with Crippen LogP contribution in [0.3, 0.4) is 0 Å². The molecule has 148 valence electrons. The number of urea groups is 1. The molecule has 0 saturated carbocycles. The highest BCUT2D eigenvalue weighted by Gasteiger charge is 2.42. The lowest BCUT2D eigenvalue weighted by molar-refractivity contribution is 0.253. The molecule has 2 amide bonds. The van der Waals surface area contributed by atoms with Crippen molar-refractivity contribution in [1.82, 2.24) is 0 Å². The van der Waals surface area contributed by atoms with E-state index in [0.29, 0.717) is 9.87 Å². The fourth-order valence-corrected chi connectivity index (χ4v) is 4.93. The minimum absolute atomic E-state index is 0.00102. The Labute approximate surface area is 170 Å². The van der Waals surface area contributed by atoms with Crippen molar-refractivity contribution in [3.63, 3.8) is 0 Å². The molecular weight excluding hydrogens is 422 g/mol.